The molecule has 2 aliphatic rings. The Kier molecular flexibility index (Phi) is 27.2. The minimum absolute atomic E-state index is 0.0460. The highest BCUT2D eigenvalue weighted by Crippen LogP contribution is 2.27. The molecular weight excluding hydrogens is 1150 g/mol. The van der Waals surface area contributed by atoms with Gasteiger partial charge in [-0.25, -0.2) is 19.4 Å². The summed E-state index contributed by atoms with van der Waals surface area (Å²) < 4.78 is 43.7. The molecule has 3 N–H and O–H groups in total. The molecule has 3 aromatic heterocycles. The van der Waals surface area contributed by atoms with E-state index in [1.54, 1.807) is 57.2 Å². The van der Waals surface area contributed by atoms with Crippen LogP contribution in [-0.2, 0) is 72.7 Å². The van der Waals surface area contributed by atoms with Crippen LogP contribution in [0.2, 0.25) is 0 Å². The molecule has 1 atom stereocenters. The normalized spacial score (nSPS) is 14.2. The Morgan fingerprint density at radius 1 is 0.739 bits per heavy atom. The predicted octanol–water partition coefficient (Wildman–Crippen LogP) is 6.15. The van der Waals surface area contributed by atoms with Gasteiger partial charge in [0.25, 0.3) is 0 Å². The number of rotatable bonds is 37. The van der Waals surface area contributed by atoms with Crippen LogP contribution in [0.1, 0.15) is 66.4 Å². The molecule has 3 aromatic carbocycles. The number of aromatic nitrogens is 6. The zero-order valence-electron chi connectivity index (χ0n) is 51.4. The lowest BCUT2D eigenvalue weighted by atomic mass is 9.97. The van der Waals surface area contributed by atoms with Gasteiger partial charge in [0.15, 0.2) is 11.2 Å². The summed E-state index contributed by atoms with van der Waals surface area (Å²) >= 11 is 1.28. The maximum absolute atomic E-state index is 14.3. The molecule has 0 saturated carbocycles. The van der Waals surface area contributed by atoms with E-state index in [4.69, 9.17) is 33.2 Å². The van der Waals surface area contributed by atoms with Crippen LogP contribution >= 0.6 is 11.3 Å². The largest absolute Gasteiger partial charge is 0.497 e. The third-order valence-corrected chi connectivity index (χ3v) is 16.0. The van der Waals surface area contributed by atoms with Gasteiger partial charge in [-0.1, -0.05) is 29.5 Å². The summed E-state index contributed by atoms with van der Waals surface area (Å²) in [6.45, 7) is 11.4. The third-order valence-electron chi connectivity index (χ3n) is 15.2. The van der Waals surface area contributed by atoms with Crippen LogP contribution in [-0.4, -0.2) is 206 Å². The number of nitrogens with zero attached hydrogens (tertiary/aromatic N) is 10. The molecule has 8 rings (SSSR count). The van der Waals surface area contributed by atoms with E-state index in [1.807, 2.05) is 79.9 Å². The van der Waals surface area contributed by atoms with Gasteiger partial charge in [0.2, 0.25) is 17.7 Å². The van der Waals surface area contributed by atoms with Crippen molar-refractivity contribution in [1.82, 2.24) is 54.4 Å². The number of urea groups is 1. The zero-order chi connectivity index (χ0) is 61.7. The average Bonchev–Trinajstić information content (AvgIpc) is 4.16. The first kappa shape index (κ1) is 66.4. The lowest BCUT2D eigenvalue weighted by molar-refractivity contribution is -0.142. The molecule has 0 bridgehead atoms. The molecule has 2 aliphatic heterocycles. The number of likely N-dealkylation sites (N-methyl/N-ethyl adjacent to an activating group) is 2. The average molecular weight is 1230 g/mol. The van der Waals surface area contributed by atoms with E-state index in [-0.39, 0.29) is 36.5 Å². The van der Waals surface area contributed by atoms with E-state index < -0.39 is 12.1 Å². The number of unbranched alkanes of at least 4 members (excludes halogenated alkanes) is 1. The van der Waals surface area contributed by atoms with Crippen molar-refractivity contribution in [2.45, 2.75) is 70.5 Å². The number of anilines is 2. The van der Waals surface area contributed by atoms with E-state index in [9.17, 15) is 19.2 Å². The molecule has 2 saturated heterocycles. The van der Waals surface area contributed by atoms with Gasteiger partial charge in [0.05, 0.1) is 89.7 Å². The molecule has 25 heteroatoms. The van der Waals surface area contributed by atoms with Crippen LogP contribution in [0.4, 0.5) is 15.6 Å². The monoisotopic (exact) mass is 1230 g/mol. The number of hydrogen-bond acceptors (Lipinski definition) is 18. The van der Waals surface area contributed by atoms with Crippen molar-refractivity contribution < 1.29 is 52.3 Å². The zero-order valence-corrected chi connectivity index (χ0v) is 52.2. The number of carbonyl (C=O) groups excluding carboxylic acids is 4. The molecular formula is C63H87N13O11S. The fourth-order valence-electron chi connectivity index (χ4n) is 9.95. The SMILES string of the molecule is COc1ccc(CNC(=O)C(c2cn(C)cn2)N(CC2CCOCC2)C(=O)CCc2ccc(OCCCCN(C)CCOCCOCCc3cn(CCOCCOc4ccc(NC(=O)Nc5nc(CC(=O)N6CCN(C)CC6)cs5)cc4)nn3)cc2)cc1. The molecule has 0 spiro atoms. The maximum atomic E-state index is 14.3. The van der Waals surface area contributed by atoms with E-state index in [0.29, 0.717) is 140 Å². The molecule has 5 amide bonds. The topological polar surface area (TPSA) is 243 Å². The Balaban J connectivity index is 0.616. The highest BCUT2D eigenvalue weighted by atomic mass is 32.1. The highest BCUT2D eigenvalue weighted by Gasteiger charge is 2.35. The molecule has 2 fully saturated rings. The lowest BCUT2D eigenvalue weighted by Gasteiger charge is -2.34. The number of ether oxygens (including phenoxy) is 7. The summed E-state index contributed by atoms with van der Waals surface area (Å²) in [6.07, 6.45) is 10.5. The number of aryl methyl sites for hydroxylation is 2. The minimum Gasteiger partial charge on any atom is -0.497 e. The summed E-state index contributed by atoms with van der Waals surface area (Å²) in [6, 6.07) is 21.2. The van der Waals surface area contributed by atoms with Gasteiger partial charge in [-0.15, -0.1) is 16.4 Å². The first-order chi connectivity index (χ1) is 42.9. The van der Waals surface area contributed by atoms with E-state index >= 15 is 0 Å². The number of nitrogens with one attached hydrogen (secondary N) is 3. The fourth-order valence-corrected chi connectivity index (χ4v) is 10.7. The van der Waals surface area contributed by atoms with Crippen LogP contribution in [0, 0.1) is 5.92 Å². The molecule has 6 aromatic rings. The Hall–Kier alpha value is -7.52. The summed E-state index contributed by atoms with van der Waals surface area (Å²) in [5, 5.41) is 19.3. The van der Waals surface area contributed by atoms with Gasteiger partial charge in [-0.05, 0) is 118 Å². The van der Waals surface area contributed by atoms with Crippen LogP contribution in [0.25, 0.3) is 0 Å². The Bertz CT molecular complexity index is 3020. The number of amides is 5. The molecule has 24 nitrogen and oxygen atoms in total. The quantitative estimate of drug-likeness (QED) is 0.0371. The second kappa shape index (κ2) is 36.1. The number of thiazole rings is 1. The number of carbonyl (C=O) groups is 4. The van der Waals surface area contributed by atoms with E-state index in [2.05, 4.69) is 53.1 Å². The second-order valence-corrected chi connectivity index (χ2v) is 22.9. The molecule has 1 unspecified atom stereocenters. The van der Waals surface area contributed by atoms with Crippen molar-refractivity contribution in [2.75, 3.05) is 144 Å². The molecule has 5 heterocycles. The van der Waals surface area contributed by atoms with Gasteiger partial charge in [-0.3, -0.25) is 19.7 Å². The second-order valence-electron chi connectivity index (χ2n) is 22.1. The summed E-state index contributed by atoms with van der Waals surface area (Å²) in [5.74, 6) is 2.05. The Morgan fingerprint density at radius 2 is 1.43 bits per heavy atom. The Labute approximate surface area is 520 Å². The molecule has 0 aliphatic carbocycles. The molecule has 88 heavy (non-hydrogen) atoms. The highest BCUT2D eigenvalue weighted by molar-refractivity contribution is 7.14. The first-order valence-corrected chi connectivity index (χ1v) is 31.3. The molecule has 0 radical (unpaired) electrons. The number of methoxy groups -OCH3 is 1. The predicted molar refractivity (Wildman–Crippen MR) is 334 cm³/mol. The maximum Gasteiger partial charge on any atom is 0.325 e. The van der Waals surface area contributed by atoms with Crippen molar-refractivity contribution in [3.63, 3.8) is 0 Å². The standard InChI is InChI=1S/C63H87N13O11S/c1-71(24-5-6-31-86-55-16-7-48(8-17-55)11-20-58(77)76(43-50-21-32-82-33-22-50)60(57-45-73(3)47-65-57)61(79)64-42-49-9-14-54(81-4)15-10-49)29-35-84-38-37-83-34-23-52-44-75(70-69-52)30-36-85-39-40-87-56-18-12-51(13-19-56)66-62(80)68-63-67-53(46-88-63)41-59(78)74-27-25-72(2)26-28-74/h7-10,12-19,44-47,50,60H,5-6,11,20-43H2,1-4H3,(H,64,79)(H2,66,67,68,80). The van der Waals surface area contributed by atoms with Crippen LogP contribution < -0.4 is 30.2 Å². The van der Waals surface area contributed by atoms with Gasteiger partial charge < -0.3 is 68.0 Å². The van der Waals surface area contributed by atoms with Crippen LogP contribution in [0.3, 0.4) is 0 Å². The fraction of sp³-hybridized carbons (Fsp3) is 0.524. The smallest absolute Gasteiger partial charge is 0.325 e. The van der Waals surface area contributed by atoms with Crippen molar-refractivity contribution in [3.05, 3.63) is 125 Å². The lowest BCUT2D eigenvalue weighted by Crippen LogP contribution is -2.47. The number of piperazine rings is 1. The summed E-state index contributed by atoms with van der Waals surface area (Å²) in [5.41, 5.74) is 4.54. The van der Waals surface area contributed by atoms with Crippen molar-refractivity contribution in [2.24, 2.45) is 13.0 Å². The van der Waals surface area contributed by atoms with Gasteiger partial charge in [0.1, 0.15) is 23.9 Å². The van der Waals surface area contributed by atoms with E-state index in [0.717, 1.165) is 80.2 Å². The third kappa shape index (κ3) is 22.9. The first-order valence-electron chi connectivity index (χ1n) is 30.4. The number of imidazole rings is 1. The van der Waals surface area contributed by atoms with Gasteiger partial charge in [0, 0.05) is 102 Å². The van der Waals surface area contributed by atoms with Crippen LogP contribution in [0.15, 0.2) is 96.9 Å². The summed E-state index contributed by atoms with van der Waals surface area (Å²) in [7, 11) is 7.62. The van der Waals surface area contributed by atoms with Gasteiger partial charge in [-0.2, -0.15) is 0 Å². The Morgan fingerprint density at radius 3 is 2.17 bits per heavy atom. The van der Waals surface area contributed by atoms with Crippen LogP contribution in [0.5, 0.6) is 17.2 Å². The van der Waals surface area contributed by atoms with Crippen molar-refractivity contribution >= 4 is 45.9 Å². The van der Waals surface area contributed by atoms with Gasteiger partial charge >= 0.3 is 6.03 Å². The van der Waals surface area contributed by atoms with E-state index in [1.165, 1.54) is 11.3 Å². The minimum atomic E-state index is -0.884. The number of benzene rings is 3. The molecule has 476 valence electrons. The van der Waals surface area contributed by atoms with Crippen molar-refractivity contribution in [3.8, 4) is 17.2 Å². The number of hydrogen-bond donors (Lipinski definition) is 3. The summed E-state index contributed by atoms with van der Waals surface area (Å²) in [4.78, 5) is 70.7. The van der Waals surface area contributed by atoms with Crippen molar-refractivity contribution in [1.29, 1.82) is 0 Å².